The average molecular weight is 954 g/mol. The van der Waals surface area contributed by atoms with E-state index in [1.54, 1.807) is 66.7 Å². The van der Waals surface area contributed by atoms with Crippen LogP contribution in [0.3, 0.4) is 0 Å². The van der Waals surface area contributed by atoms with Gasteiger partial charge in [0.25, 0.3) is 5.91 Å². The molecule has 2 bridgehead atoms. The summed E-state index contributed by atoms with van der Waals surface area (Å²) in [5.74, 6) is -9.78. The van der Waals surface area contributed by atoms with Gasteiger partial charge in [-0.2, -0.15) is 0 Å². The number of rotatable bonds is 14. The Labute approximate surface area is 397 Å². The van der Waals surface area contributed by atoms with Crippen molar-refractivity contribution in [3.63, 3.8) is 0 Å². The van der Waals surface area contributed by atoms with Gasteiger partial charge >= 0.3 is 35.8 Å². The lowest BCUT2D eigenvalue weighted by Crippen LogP contribution is -2.82. The number of carbonyl (C=O) groups is 8. The molecule has 18 heteroatoms. The third kappa shape index (κ3) is 9.15. The predicted molar refractivity (Wildman–Crippen MR) is 238 cm³/mol. The molecule has 0 spiro atoms. The highest BCUT2D eigenvalue weighted by Gasteiger charge is 2.78. The standard InChI is InChI=1S/C51H55NO17/c1-27-33(66-47(62)41(67-37(58)23-22-36(56)57)39(30-16-10-7-11-17-30)52-45(60)31-18-12-8-13-19-31)25-51(63)44(68-46(61)32-20-14-9-15-21-32)42-49(6,34(55)24-35-50(42,26-64-35)69-29(3)54)43(59)40(65-28(2)53)38(27)48(51,4)5/h7-21,33-35,39-42,44,55,63H,22-26H2,1-6H3,(H,52,60)(H,56,57)/t33?,34-,35?,39-,40+,41+,42-,44-,49+,50-,51?/m0/s1. The molecule has 18 nitrogen and oxygen atoms in total. The summed E-state index contributed by atoms with van der Waals surface area (Å²) >= 11 is 0. The van der Waals surface area contributed by atoms with Crippen molar-refractivity contribution >= 4 is 47.5 Å². The second-order valence-corrected chi connectivity index (χ2v) is 18.7. The van der Waals surface area contributed by atoms with Gasteiger partial charge in [0.15, 0.2) is 17.5 Å². The van der Waals surface area contributed by atoms with E-state index >= 15 is 9.59 Å². The number of ketones is 1. The molecule has 0 radical (unpaired) electrons. The van der Waals surface area contributed by atoms with Gasteiger partial charge < -0.3 is 49.1 Å². The molecule has 0 aromatic heterocycles. The third-order valence-electron chi connectivity index (χ3n) is 14.3. The fourth-order valence-electron chi connectivity index (χ4n) is 10.7. The van der Waals surface area contributed by atoms with Crippen LogP contribution >= 0.6 is 0 Å². The SMILES string of the molecule is CC(=O)O[C@H]1C(=O)[C@]2(C)[C@@H](O)CC3OC[C@@]3(OC(C)=O)[C@H]2[C@H](OC(=O)c2ccccc2)C2(O)CC(OC(=O)[C@H](OC(=O)CCC(=O)O)[C@@H](NC(=O)c3ccccc3)c3ccccc3)C(C)=C1C2(C)C. The molecule has 2 saturated carbocycles. The first-order chi connectivity index (χ1) is 32.6. The number of aliphatic hydroxyl groups excluding tert-OH is 1. The first kappa shape index (κ1) is 50.1. The third-order valence-corrected chi connectivity index (χ3v) is 14.3. The molecule has 3 fully saturated rings. The molecular formula is C51H55NO17. The van der Waals surface area contributed by atoms with Crippen molar-refractivity contribution < 1.29 is 82.1 Å². The number of carbonyl (C=O) groups excluding carboxylic acids is 7. The zero-order valence-corrected chi connectivity index (χ0v) is 38.9. The molecule has 3 unspecified atom stereocenters. The lowest BCUT2D eigenvalue weighted by atomic mass is 9.44. The van der Waals surface area contributed by atoms with Gasteiger partial charge in [-0.1, -0.05) is 80.6 Å². The average Bonchev–Trinajstić information content (AvgIpc) is 3.30. The summed E-state index contributed by atoms with van der Waals surface area (Å²) in [7, 11) is 0. The molecule has 1 saturated heterocycles. The summed E-state index contributed by atoms with van der Waals surface area (Å²) in [4.78, 5) is 110. The highest BCUT2D eigenvalue weighted by Crippen LogP contribution is 2.64. The van der Waals surface area contributed by atoms with E-state index in [1.165, 1.54) is 52.0 Å². The van der Waals surface area contributed by atoms with E-state index in [1.807, 2.05) is 0 Å². The minimum atomic E-state index is -2.50. The number of carboxylic acid groups (broad SMARTS) is 1. The van der Waals surface area contributed by atoms with Crippen LogP contribution in [-0.4, -0.2) is 117 Å². The molecule has 3 aliphatic carbocycles. The molecule has 69 heavy (non-hydrogen) atoms. The molecule has 3 aromatic carbocycles. The summed E-state index contributed by atoms with van der Waals surface area (Å²) in [5.41, 5.74) is -7.77. The van der Waals surface area contributed by atoms with Crippen LogP contribution in [0.15, 0.2) is 102 Å². The minimum Gasteiger partial charge on any atom is -0.481 e. The minimum absolute atomic E-state index is 0.0221. The molecule has 366 valence electrons. The van der Waals surface area contributed by atoms with E-state index in [0.29, 0.717) is 0 Å². The lowest BCUT2D eigenvalue weighted by molar-refractivity contribution is -0.346. The van der Waals surface area contributed by atoms with Gasteiger partial charge in [0.1, 0.15) is 30.0 Å². The van der Waals surface area contributed by atoms with Gasteiger partial charge in [0.05, 0.1) is 42.4 Å². The number of Topliss-reactive ketones (excluding diaryl/α,β-unsaturated/α-hetero) is 1. The highest BCUT2D eigenvalue weighted by molar-refractivity contribution is 5.96. The Morgan fingerprint density at radius 3 is 1.96 bits per heavy atom. The number of ether oxygens (including phenoxy) is 6. The molecule has 11 atom stereocenters. The van der Waals surface area contributed by atoms with Crippen molar-refractivity contribution in [3.8, 4) is 0 Å². The topological polar surface area (TPSA) is 265 Å². The molecule has 3 aromatic rings. The first-order valence-corrected chi connectivity index (χ1v) is 22.5. The molecule has 4 aliphatic rings. The highest BCUT2D eigenvalue weighted by atomic mass is 16.6. The van der Waals surface area contributed by atoms with Crippen molar-refractivity contribution in [1.29, 1.82) is 0 Å². The predicted octanol–water partition coefficient (Wildman–Crippen LogP) is 4.15. The van der Waals surface area contributed by atoms with Crippen molar-refractivity contribution in [1.82, 2.24) is 5.32 Å². The Morgan fingerprint density at radius 1 is 0.812 bits per heavy atom. The summed E-state index contributed by atoms with van der Waals surface area (Å²) in [6.07, 6.45) is -12.5. The Bertz CT molecular complexity index is 2550. The van der Waals surface area contributed by atoms with Crippen molar-refractivity contribution in [2.24, 2.45) is 16.7 Å². The molecule has 1 aliphatic heterocycles. The summed E-state index contributed by atoms with van der Waals surface area (Å²) in [6, 6.07) is 22.1. The summed E-state index contributed by atoms with van der Waals surface area (Å²) < 4.78 is 36.3. The zero-order chi connectivity index (χ0) is 50.2. The van der Waals surface area contributed by atoms with Crippen LogP contribution < -0.4 is 5.32 Å². The summed E-state index contributed by atoms with van der Waals surface area (Å²) in [6.45, 7) is 7.68. The van der Waals surface area contributed by atoms with Crippen LogP contribution in [0.2, 0.25) is 0 Å². The van der Waals surface area contributed by atoms with E-state index in [9.17, 15) is 44.1 Å². The van der Waals surface area contributed by atoms with Crippen LogP contribution in [0.5, 0.6) is 0 Å². The number of aliphatic hydroxyl groups is 2. The van der Waals surface area contributed by atoms with Crippen LogP contribution in [0, 0.1) is 16.7 Å². The second kappa shape index (κ2) is 19.3. The monoisotopic (exact) mass is 953 g/mol. The largest absolute Gasteiger partial charge is 0.481 e. The number of benzene rings is 3. The van der Waals surface area contributed by atoms with E-state index in [2.05, 4.69) is 5.32 Å². The Morgan fingerprint density at radius 2 is 1.41 bits per heavy atom. The molecular weight excluding hydrogens is 899 g/mol. The van der Waals surface area contributed by atoms with Gasteiger partial charge in [-0.05, 0) is 54.8 Å². The first-order valence-electron chi connectivity index (χ1n) is 22.5. The Hall–Kier alpha value is -6.76. The van der Waals surface area contributed by atoms with E-state index < -0.39 is 137 Å². The Kier molecular flexibility index (Phi) is 14.0. The number of nitrogens with one attached hydrogen (secondary N) is 1. The van der Waals surface area contributed by atoms with Gasteiger partial charge in [0.2, 0.25) is 6.10 Å². The molecule has 1 heterocycles. The number of esters is 5. The fraction of sp³-hybridized carbons (Fsp3) is 0.451. The van der Waals surface area contributed by atoms with Gasteiger partial charge in [0, 0.05) is 37.7 Å². The van der Waals surface area contributed by atoms with Crippen LogP contribution in [0.1, 0.15) is 99.5 Å². The maximum absolute atomic E-state index is 15.7. The number of hydrogen-bond acceptors (Lipinski definition) is 16. The van der Waals surface area contributed by atoms with Crippen molar-refractivity contribution in [3.05, 3.63) is 119 Å². The second-order valence-electron chi connectivity index (χ2n) is 18.7. The van der Waals surface area contributed by atoms with Crippen LogP contribution in [0.4, 0.5) is 0 Å². The quantitative estimate of drug-likeness (QED) is 0.100. The smallest absolute Gasteiger partial charge is 0.350 e. The van der Waals surface area contributed by atoms with Crippen LogP contribution in [-0.2, 0) is 57.2 Å². The molecule has 4 N–H and O–H groups in total. The zero-order valence-electron chi connectivity index (χ0n) is 38.9. The number of fused-ring (bicyclic) bond motifs is 5. The number of carboxylic acids is 1. The normalized spacial score (nSPS) is 29.7. The lowest BCUT2D eigenvalue weighted by Gasteiger charge is -2.67. The van der Waals surface area contributed by atoms with E-state index in [-0.39, 0.29) is 40.9 Å². The summed E-state index contributed by atoms with van der Waals surface area (Å²) in [5, 5.41) is 38.2. The Balaban J connectivity index is 1.42. The van der Waals surface area contributed by atoms with Crippen LogP contribution in [0.25, 0.3) is 0 Å². The van der Waals surface area contributed by atoms with E-state index in [4.69, 9.17) is 28.4 Å². The number of amides is 1. The number of hydrogen-bond donors (Lipinski definition) is 4. The van der Waals surface area contributed by atoms with E-state index in [0.717, 1.165) is 13.8 Å². The van der Waals surface area contributed by atoms with Crippen molar-refractivity contribution in [2.45, 2.75) is 121 Å². The van der Waals surface area contributed by atoms with Gasteiger partial charge in [-0.25, -0.2) is 9.59 Å². The molecule has 1 amide bonds. The van der Waals surface area contributed by atoms with Crippen molar-refractivity contribution in [2.75, 3.05) is 6.61 Å². The molecule has 7 rings (SSSR count). The number of aliphatic carboxylic acids is 1. The van der Waals surface area contributed by atoms with Gasteiger partial charge in [-0.3, -0.25) is 28.8 Å². The van der Waals surface area contributed by atoms with Gasteiger partial charge in [-0.15, -0.1) is 0 Å². The maximum Gasteiger partial charge on any atom is 0.350 e. The fourth-order valence-corrected chi connectivity index (χ4v) is 10.7. The maximum atomic E-state index is 15.7.